The van der Waals surface area contributed by atoms with Crippen LogP contribution in [0, 0.1) is 5.82 Å². The largest absolute Gasteiger partial charge is 0.366 e. The summed E-state index contributed by atoms with van der Waals surface area (Å²) in [6, 6.07) is 2.85. The third-order valence-corrected chi connectivity index (χ3v) is 4.33. The third-order valence-electron chi connectivity index (χ3n) is 4.33. The Morgan fingerprint density at radius 2 is 2.14 bits per heavy atom. The molecule has 22 heavy (non-hydrogen) atoms. The highest BCUT2D eigenvalue weighted by atomic mass is 19.1. The molecule has 1 aliphatic rings. The molecule has 0 saturated carbocycles. The van der Waals surface area contributed by atoms with Gasteiger partial charge in [0.1, 0.15) is 11.3 Å². The highest BCUT2D eigenvalue weighted by molar-refractivity contribution is 6.04. The molecular formula is C16H21FN4O. The highest BCUT2D eigenvalue weighted by Crippen LogP contribution is 2.26. The van der Waals surface area contributed by atoms with Crippen molar-refractivity contribution >= 4 is 16.8 Å². The van der Waals surface area contributed by atoms with Crippen LogP contribution < -0.4 is 5.73 Å². The van der Waals surface area contributed by atoms with Crippen molar-refractivity contribution in [3.63, 3.8) is 0 Å². The van der Waals surface area contributed by atoms with Gasteiger partial charge in [0.05, 0.1) is 11.6 Å². The number of carbonyl (C=O) groups excluding carboxylic acids is 1. The number of halogens is 1. The number of likely N-dealkylation sites (tertiary alicyclic amines) is 1. The minimum atomic E-state index is -0.646. The number of nitrogens with zero attached hydrogens (tertiary/aromatic N) is 3. The number of rotatable bonds is 4. The van der Waals surface area contributed by atoms with Crippen molar-refractivity contribution in [1.29, 1.82) is 0 Å². The summed E-state index contributed by atoms with van der Waals surface area (Å²) in [5, 5.41) is 5.13. The number of aromatic nitrogens is 2. The van der Waals surface area contributed by atoms with Gasteiger partial charge in [-0.15, -0.1) is 0 Å². The first-order valence-corrected chi connectivity index (χ1v) is 7.79. The van der Waals surface area contributed by atoms with E-state index in [9.17, 15) is 9.18 Å². The van der Waals surface area contributed by atoms with E-state index < -0.39 is 11.7 Å². The lowest BCUT2D eigenvalue weighted by molar-refractivity contribution is 0.100. The first kappa shape index (κ1) is 15.0. The van der Waals surface area contributed by atoms with E-state index in [0.29, 0.717) is 16.9 Å². The van der Waals surface area contributed by atoms with Crippen molar-refractivity contribution in [3.8, 4) is 0 Å². The summed E-state index contributed by atoms with van der Waals surface area (Å²) in [7, 11) is 0. The van der Waals surface area contributed by atoms with Gasteiger partial charge in [-0.1, -0.05) is 6.92 Å². The first-order valence-electron chi connectivity index (χ1n) is 7.79. The maximum atomic E-state index is 13.6. The second-order valence-corrected chi connectivity index (χ2v) is 5.94. The molecule has 1 fully saturated rings. The smallest absolute Gasteiger partial charge is 0.251 e. The van der Waals surface area contributed by atoms with Gasteiger partial charge < -0.3 is 10.6 Å². The van der Waals surface area contributed by atoms with Crippen molar-refractivity contribution in [2.24, 2.45) is 5.73 Å². The molecule has 6 heteroatoms. The van der Waals surface area contributed by atoms with Crippen LogP contribution >= 0.6 is 0 Å². The Hall–Kier alpha value is -1.95. The summed E-state index contributed by atoms with van der Waals surface area (Å²) in [5.74, 6) is -1.11. The number of fused-ring (bicyclic) bond motifs is 1. The number of hydrogen-bond donors (Lipinski definition) is 1. The Morgan fingerprint density at radius 1 is 1.41 bits per heavy atom. The average Bonchev–Trinajstić information content (AvgIpc) is 2.91. The Morgan fingerprint density at radius 3 is 2.77 bits per heavy atom. The molecule has 5 nitrogen and oxygen atoms in total. The topological polar surface area (TPSA) is 64.2 Å². The van der Waals surface area contributed by atoms with Gasteiger partial charge in [0.2, 0.25) is 0 Å². The summed E-state index contributed by atoms with van der Waals surface area (Å²) >= 11 is 0. The van der Waals surface area contributed by atoms with Crippen LogP contribution in [0.25, 0.3) is 10.9 Å². The van der Waals surface area contributed by atoms with Gasteiger partial charge in [-0.3, -0.25) is 9.48 Å². The Bertz CT molecular complexity index is 689. The summed E-state index contributed by atoms with van der Waals surface area (Å²) in [5.41, 5.74) is 5.97. The molecule has 3 rings (SSSR count). The first-order chi connectivity index (χ1) is 10.6. The van der Waals surface area contributed by atoms with Crippen molar-refractivity contribution < 1.29 is 9.18 Å². The molecule has 0 unspecified atom stereocenters. The Kier molecular flexibility index (Phi) is 4.11. The minimum Gasteiger partial charge on any atom is -0.366 e. The van der Waals surface area contributed by atoms with Crippen molar-refractivity contribution in [2.45, 2.75) is 32.2 Å². The quantitative estimate of drug-likeness (QED) is 0.943. The van der Waals surface area contributed by atoms with Gasteiger partial charge in [-0.2, -0.15) is 5.10 Å². The van der Waals surface area contributed by atoms with Crippen molar-refractivity contribution in [2.75, 3.05) is 19.6 Å². The molecule has 1 saturated heterocycles. The van der Waals surface area contributed by atoms with E-state index in [4.69, 9.17) is 5.73 Å². The maximum absolute atomic E-state index is 13.6. The van der Waals surface area contributed by atoms with Crippen molar-refractivity contribution in [1.82, 2.24) is 14.7 Å². The van der Waals surface area contributed by atoms with Crippen LogP contribution in [0.5, 0.6) is 0 Å². The Balaban J connectivity index is 1.87. The SMILES string of the molecule is CCCN1CCC(n2cc3cc(F)cc(C(N)=O)c3n2)CC1. The fourth-order valence-electron chi connectivity index (χ4n) is 3.22. The van der Waals surface area contributed by atoms with Crippen LogP contribution in [0.1, 0.15) is 42.6 Å². The van der Waals surface area contributed by atoms with E-state index in [1.165, 1.54) is 6.07 Å². The molecule has 0 aliphatic carbocycles. The molecule has 1 amide bonds. The minimum absolute atomic E-state index is 0.150. The van der Waals surface area contributed by atoms with Crippen LogP contribution in [0.2, 0.25) is 0 Å². The second-order valence-electron chi connectivity index (χ2n) is 5.94. The number of amides is 1. The normalized spacial score (nSPS) is 17.2. The number of hydrogen-bond acceptors (Lipinski definition) is 3. The average molecular weight is 304 g/mol. The van der Waals surface area contributed by atoms with E-state index in [1.807, 2.05) is 10.9 Å². The van der Waals surface area contributed by atoms with Gasteiger partial charge in [0.15, 0.2) is 0 Å². The van der Waals surface area contributed by atoms with Crippen molar-refractivity contribution in [3.05, 3.63) is 29.7 Å². The fourth-order valence-corrected chi connectivity index (χ4v) is 3.22. The van der Waals surface area contributed by atoms with Crippen LogP contribution in [-0.2, 0) is 0 Å². The van der Waals surface area contributed by atoms with Gasteiger partial charge in [0, 0.05) is 24.7 Å². The molecule has 118 valence electrons. The van der Waals surface area contributed by atoms with Gasteiger partial charge >= 0.3 is 0 Å². The molecule has 0 atom stereocenters. The van der Waals surface area contributed by atoms with Crippen LogP contribution in [-0.4, -0.2) is 40.2 Å². The van der Waals surface area contributed by atoms with Gasteiger partial charge in [-0.05, 0) is 37.9 Å². The van der Waals surface area contributed by atoms with Crippen LogP contribution in [0.4, 0.5) is 4.39 Å². The number of nitrogens with two attached hydrogens (primary N) is 1. The van der Waals surface area contributed by atoms with Gasteiger partial charge in [0.25, 0.3) is 5.91 Å². The number of piperidine rings is 1. The molecule has 2 aromatic rings. The zero-order valence-electron chi connectivity index (χ0n) is 12.8. The second kappa shape index (κ2) is 6.04. The zero-order valence-corrected chi connectivity index (χ0v) is 12.8. The predicted octanol–water partition coefficient (Wildman–Crippen LogP) is 2.32. The molecule has 1 aliphatic heterocycles. The standard InChI is InChI=1S/C16H21FN4O/c1-2-5-20-6-3-13(4-7-20)21-10-11-8-12(17)9-14(16(18)22)15(11)19-21/h8-10,13H,2-7H2,1H3,(H2,18,22). The molecule has 2 heterocycles. The highest BCUT2D eigenvalue weighted by Gasteiger charge is 2.22. The summed E-state index contributed by atoms with van der Waals surface area (Å²) < 4.78 is 15.5. The molecule has 1 aromatic heterocycles. The lowest BCUT2D eigenvalue weighted by Gasteiger charge is -2.31. The molecular weight excluding hydrogens is 283 g/mol. The number of carbonyl (C=O) groups is 1. The van der Waals surface area contributed by atoms with Crippen LogP contribution in [0.3, 0.4) is 0 Å². The van der Waals surface area contributed by atoms with E-state index in [1.54, 1.807) is 0 Å². The fraction of sp³-hybridized carbons (Fsp3) is 0.500. The van der Waals surface area contributed by atoms with Gasteiger partial charge in [-0.25, -0.2) is 4.39 Å². The zero-order chi connectivity index (χ0) is 15.7. The van der Waals surface area contributed by atoms with Crippen LogP contribution in [0.15, 0.2) is 18.3 Å². The molecule has 2 N–H and O–H groups in total. The summed E-state index contributed by atoms with van der Waals surface area (Å²) in [4.78, 5) is 13.9. The van der Waals surface area contributed by atoms with E-state index >= 15 is 0 Å². The monoisotopic (exact) mass is 304 g/mol. The molecule has 0 radical (unpaired) electrons. The maximum Gasteiger partial charge on any atom is 0.251 e. The summed E-state index contributed by atoms with van der Waals surface area (Å²) in [6.07, 6.45) is 5.02. The Labute approximate surface area is 128 Å². The predicted molar refractivity (Wildman–Crippen MR) is 83.2 cm³/mol. The lowest BCUT2D eigenvalue weighted by atomic mass is 10.1. The third kappa shape index (κ3) is 2.83. The van der Waals surface area contributed by atoms with E-state index in [0.717, 1.165) is 45.0 Å². The number of primary amides is 1. The van der Waals surface area contributed by atoms with E-state index in [2.05, 4.69) is 16.9 Å². The van der Waals surface area contributed by atoms with E-state index in [-0.39, 0.29) is 5.56 Å². The number of benzene rings is 1. The lowest BCUT2D eigenvalue weighted by Crippen LogP contribution is -2.35. The molecule has 1 aromatic carbocycles. The molecule has 0 bridgehead atoms. The molecule has 0 spiro atoms. The summed E-state index contributed by atoms with van der Waals surface area (Å²) in [6.45, 7) is 5.41.